The second kappa shape index (κ2) is 7.20. The largest absolute Gasteiger partial charge is 0.345 e. The summed E-state index contributed by atoms with van der Waals surface area (Å²) >= 11 is 6.41. The Labute approximate surface area is 158 Å². The fraction of sp³-hybridized carbons (Fsp3) is 0.500. The molecule has 6 nitrogen and oxygen atoms in total. The Hall–Kier alpha value is -1.59. The Kier molecular flexibility index (Phi) is 5.31. The van der Waals surface area contributed by atoms with Crippen molar-refractivity contribution in [2.45, 2.75) is 31.2 Å². The van der Waals surface area contributed by atoms with Crippen molar-refractivity contribution < 1.29 is 13.0 Å². The second-order valence-electron chi connectivity index (χ2n) is 7.20. The number of aromatic amines is 1. The van der Waals surface area contributed by atoms with Crippen LogP contribution >= 0.6 is 11.6 Å². The van der Waals surface area contributed by atoms with Gasteiger partial charge >= 0.3 is 0 Å². The van der Waals surface area contributed by atoms with Crippen molar-refractivity contribution in [1.82, 2.24) is 9.88 Å². The highest BCUT2D eigenvalue weighted by molar-refractivity contribution is 7.85. The summed E-state index contributed by atoms with van der Waals surface area (Å²) in [6, 6.07) is 9.32. The number of nitrogens with zero attached hydrogens (tertiary/aromatic N) is 2. The Bertz CT molecular complexity index is 956. The Morgan fingerprint density at radius 3 is 2.81 bits per heavy atom. The van der Waals surface area contributed by atoms with Gasteiger partial charge in [-0.3, -0.25) is 4.55 Å². The minimum Gasteiger partial charge on any atom is -0.345 e. The molecule has 3 atom stereocenters. The number of likely N-dealkylation sites (tertiary alicyclic amines) is 1. The Morgan fingerprint density at radius 1 is 1.46 bits per heavy atom. The minimum atomic E-state index is -3.67. The topological polar surface area (TPSA) is 97.2 Å². The van der Waals surface area contributed by atoms with Crippen molar-refractivity contribution >= 4 is 32.6 Å². The van der Waals surface area contributed by atoms with Gasteiger partial charge in [-0.05, 0) is 43.0 Å². The van der Waals surface area contributed by atoms with E-state index in [0.717, 1.165) is 30.1 Å². The van der Waals surface area contributed by atoms with Crippen LogP contribution in [0.15, 0.2) is 18.2 Å². The highest BCUT2D eigenvalue weighted by Gasteiger charge is 2.39. The van der Waals surface area contributed by atoms with Gasteiger partial charge in [-0.1, -0.05) is 23.7 Å². The van der Waals surface area contributed by atoms with Crippen molar-refractivity contribution in [2.75, 3.05) is 19.8 Å². The van der Waals surface area contributed by atoms with Gasteiger partial charge in [0.15, 0.2) is 0 Å². The van der Waals surface area contributed by atoms with E-state index in [1.165, 1.54) is 16.5 Å². The van der Waals surface area contributed by atoms with Gasteiger partial charge in [0.25, 0.3) is 10.1 Å². The number of hydrogen-bond acceptors (Lipinski definition) is 4. The van der Waals surface area contributed by atoms with E-state index in [1.54, 1.807) is 0 Å². The summed E-state index contributed by atoms with van der Waals surface area (Å²) in [4.78, 5) is 5.75. The lowest BCUT2D eigenvalue weighted by Gasteiger charge is -2.45. The lowest BCUT2D eigenvalue weighted by molar-refractivity contribution is 0.113. The number of H-pyrrole nitrogens is 1. The van der Waals surface area contributed by atoms with Gasteiger partial charge in [0, 0.05) is 35.8 Å². The maximum Gasteiger partial charge on any atom is 0.261 e. The van der Waals surface area contributed by atoms with E-state index < -0.39 is 10.1 Å². The van der Waals surface area contributed by atoms with Crippen LogP contribution in [0.1, 0.15) is 29.9 Å². The van der Waals surface area contributed by atoms with Crippen LogP contribution < -0.4 is 0 Å². The second-order valence-corrected chi connectivity index (χ2v) is 9.05. The molecule has 1 fully saturated rings. The lowest BCUT2D eigenvalue weighted by Crippen LogP contribution is -2.47. The molecule has 140 valence electrons. The lowest BCUT2D eigenvalue weighted by atomic mass is 9.72. The highest BCUT2D eigenvalue weighted by atomic mass is 35.5. The number of piperidine rings is 1. The zero-order valence-electron chi connectivity index (χ0n) is 14.7. The smallest absolute Gasteiger partial charge is 0.261 e. The van der Waals surface area contributed by atoms with Crippen molar-refractivity contribution in [2.24, 2.45) is 5.92 Å². The molecule has 0 amide bonds. The van der Waals surface area contributed by atoms with Crippen LogP contribution in [0.5, 0.6) is 0 Å². The molecule has 0 saturated carbocycles. The summed E-state index contributed by atoms with van der Waals surface area (Å²) in [6.07, 6.45) is 3.50. The number of halogens is 1. The Balaban J connectivity index is 0.000000349. The number of nitriles is 1. The molecule has 1 aromatic heterocycles. The fourth-order valence-corrected chi connectivity index (χ4v) is 4.65. The SMILES string of the molecule is CN1C[C@H](CC#N)CC2c3cccc4[nH]c(Cl)c(c34)C[C@H]21.CS(=O)(=O)O. The average Bonchev–Trinajstić information content (AvgIpc) is 2.85. The first kappa shape index (κ1) is 19.2. The number of rotatable bonds is 1. The van der Waals surface area contributed by atoms with Gasteiger partial charge in [-0.15, -0.1) is 0 Å². The first-order chi connectivity index (χ1) is 12.2. The van der Waals surface area contributed by atoms with Crippen LogP contribution in [-0.2, 0) is 16.5 Å². The van der Waals surface area contributed by atoms with Crippen LogP contribution in [0.4, 0.5) is 0 Å². The van der Waals surface area contributed by atoms with Crippen molar-refractivity contribution in [3.8, 4) is 6.07 Å². The molecule has 26 heavy (non-hydrogen) atoms. The number of aromatic nitrogens is 1. The molecular weight excluding hydrogens is 374 g/mol. The van der Waals surface area contributed by atoms with Gasteiger partial charge in [0.05, 0.1) is 12.3 Å². The maximum absolute atomic E-state index is 9.19. The minimum absolute atomic E-state index is 0.479. The van der Waals surface area contributed by atoms with E-state index in [1.807, 2.05) is 0 Å². The van der Waals surface area contributed by atoms with E-state index in [-0.39, 0.29) is 0 Å². The molecule has 0 spiro atoms. The molecule has 1 saturated heterocycles. The van der Waals surface area contributed by atoms with Crippen molar-refractivity contribution in [3.63, 3.8) is 0 Å². The molecule has 2 N–H and O–H groups in total. The zero-order chi connectivity index (χ0) is 19.1. The molecule has 0 radical (unpaired) electrons. The molecule has 0 bridgehead atoms. The third-order valence-corrected chi connectivity index (χ3v) is 5.59. The van der Waals surface area contributed by atoms with Gasteiger partial charge in [0.1, 0.15) is 5.15 Å². The molecule has 1 unspecified atom stereocenters. The summed E-state index contributed by atoms with van der Waals surface area (Å²) in [5.74, 6) is 0.998. The fourth-order valence-electron chi connectivity index (χ4n) is 4.37. The molecule has 1 aliphatic heterocycles. The van der Waals surface area contributed by atoms with E-state index in [2.05, 4.69) is 41.2 Å². The first-order valence-corrected chi connectivity index (χ1v) is 10.7. The molecule has 4 rings (SSSR count). The number of likely N-dealkylation sites (N-methyl/N-ethyl adjacent to an activating group) is 1. The third kappa shape index (κ3) is 3.89. The summed E-state index contributed by atoms with van der Waals surface area (Å²) in [7, 11) is -1.48. The molecule has 1 aromatic carbocycles. The summed E-state index contributed by atoms with van der Waals surface area (Å²) < 4.78 is 25.9. The van der Waals surface area contributed by atoms with Crippen LogP contribution in [0.25, 0.3) is 10.9 Å². The third-order valence-electron chi connectivity index (χ3n) is 5.26. The average molecular weight is 396 g/mol. The predicted molar refractivity (Wildman–Crippen MR) is 102 cm³/mol. The van der Waals surface area contributed by atoms with E-state index >= 15 is 0 Å². The van der Waals surface area contributed by atoms with Crippen LogP contribution in [-0.4, -0.2) is 48.7 Å². The zero-order valence-corrected chi connectivity index (χ0v) is 16.3. The summed E-state index contributed by atoms with van der Waals surface area (Å²) in [6.45, 7) is 1.02. The van der Waals surface area contributed by atoms with Gasteiger partial charge in [-0.2, -0.15) is 13.7 Å². The van der Waals surface area contributed by atoms with Gasteiger partial charge in [0.2, 0.25) is 0 Å². The maximum atomic E-state index is 9.19. The molecular formula is C18H22ClN3O3S. The van der Waals surface area contributed by atoms with E-state index in [0.29, 0.717) is 30.6 Å². The normalized spacial score (nSPS) is 25.1. The number of fused-ring (bicyclic) bond motifs is 2. The molecule has 2 aliphatic rings. The van der Waals surface area contributed by atoms with Crippen LogP contribution in [0.2, 0.25) is 5.15 Å². The number of nitrogens with one attached hydrogen (secondary N) is 1. The molecule has 1 aliphatic carbocycles. The van der Waals surface area contributed by atoms with Gasteiger partial charge in [-0.25, -0.2) is 0 Å². The quantitative estimate of drug-likeness (QED) is 0.722. The summed E-state index contributed by atoms with van der Waals surface area (Å²) in [5.41, 5.74) is 3.83. The van der Waals surface area contributed by atoms with Crippen LogP contribution in [0, 0.1) is 17.2 Å². The molecule has 2 aromatic rings. The predicted octanol–water partition coefficient (Wildman–Crippen LogP) is 3.20. The summed E-state index contributed by atoms with van der Waals surface area (Å²) in [5, 5.41) is 11.1. The van der Waals surface area contributed by atoms with E-state index in [4.69, 9.17) is 21.4 Å². The first-order valence-electron chi connectivity index (χ1n) is 8.47. The number of benzene rings is 1. The van der Waals surface area contributed by atoms with Gasteiger partial charge < -0.3 is 9.88 Å². The number of hydrogen-bond donors (Lipinski definition) is 2. The monoisotopic (exact) mass is 395 g/mol. The van der Waals surface area contributed by atoms with Crippen molar-refractivity contribution in [1.29, 1.82) is 5.26 Å². The van der Waals surface area contributed by atoms with Crippen LogP contribution in [0.3, 0.4) is 0 Å². The molecule has 8 heteroatoms. The Morgan fingerprint density at radius 2 is 2.15 bits per heavy atom. The van der Waals surface area contributed by atoms with E-state index in [9.17, 15) is 8.42 Å². The highest BCUT2D eigenvalue weighted by Crippen LogP contribution is 2.46. The molecule has 2 heterocycles. The standard InChI is InChI=1S/C17H18ClN3.CH4O3S/c1-21-9-10(5-6-19)7-12-11-3-2-4-14-16(11)13(8-15(12)21)17(18)20-14;1-5(2,3)4/h2-4,10,12,15,20H,5,7-9H2,1H3;1H3,(H,2,3,4)/t10-,12?,15-;/m1./s1. The van der Waals surface area contributed by atoms with Crippen molar-refractivity contribution in [3.05, 3.63) is 34.5 Å².